The van der Waals surface area contributed by atoms with Crippen LogP contribution in [0.15, 0.2) is 0 Å². The number of likely N-dealkylation sites (tertiary alicyclic amines) is 1. The number of amides is 1. The standard InChI is InChI=1S/C12H22N2O5S/c1-9(12(16)17)11(15)14-8-4-3-5-10(14)6-7-13-20(2,18)19/h9-10,13H,3-8H2,1-2H3,(H,16,17). The molecule has 0 saturated carbocycles. The summed E-state index contributed by atoms with van der Waals surface area (Å²) >= 11 is 0. The lowest BCUT2D eigenvalue weighted by Gasteiger charge is -2.36. The average molecular weight is 306 g/mol. The summed E-state index contributed by atoms with van der Waals surface area (Å²) in [4.78, 5) is 24.6. The van der Waals surface area contributed by atoms with E-state index in [-0.39, 0.29) is 18.5 Å². The Morgan fingerprint density at radius 1 is 1.40 bits per heavy atom. The fraction of sp³-hybridized carbons (Fsp3) is 0.833. The molecule has 0 spiro atoms. The van der Waals surface area contributed by atoms with Crippen molar-refractivity contribution in [3.63, 3.8) is 0 Å². The Hall–Kier alpha value is -1.15. The number of carbonyl (C=O) groups is 2. The molecular weight excluding hydrogens is 284 g/mol. The van der Waals surface area contributed by atoms with Gasteiger partial charge in [-0.25, -0.2) is 13.1 Å². The lowest BCUT2D eigenvalue weighted by molar-refractivity contribution is -0.152. The lowest BCUT2D eigenvalue weighted by atomic mass is 9.97. The third-order valence-corrected chi connectivity index (χ3v) is 4.22. The van der Waals surface area contributed by atoms with Gasteiger partial charge < -0.3 is 10.0 Å². The van der Waals surface area contributed by atoms with E-state index >= 15 is 0 Å². The minimum Gasteiger partial charge on any atom is -0.481 e. The molecule has 20 heavy (non-hydrogen) atoms. The topological polar surface area (TPSA) is 104 Å². The van der Waals surface area contributed by atoms with Crippen LogP contribution in [0.1, 0.15) is 32.6 Å². The number of carboxylic acids is 1. The van der Waals surface area contributed by atoms with Gasteiger partial charge in [-0.15, -0.1) is 0 Å². The molecule has 8 heteroatoms. The maximum atomic E-state index is 12.1. The molecule has 0 aromatic rings. The molecule has 2 unspecified atom stereocenters. The summed E-state index contributed by atoms with van der Waals surface area (Å²) in [6.45, 7) is 2.18. The van der Waals surface area contributed by atoms with Gasteiger partial charge in [0.05, 0.1) is 6.26 Å². The Bertz CT molecular complexity index is 462. The molecule has 1 amide bonds. The highest BCUT2D eigenvalue weighted by Gasteiger charge is 2.32. The van der Waals surface area contributed by atoms with Crippen LogP contribution in [0.25, 0.3) is 0 Å². The van der Waals surface area contributed by atoms with Crippen molar-refractivity contribution in [2.45, 2.75) is 38.6 Å². The number of carboxylic acid groups (broad SMARTS) is 1. The van der Waals surface area contributed by atoms with Gasteiger partial charge in [-0.05, 0) is 32.6 Å². The van der Waals surface area contributed by atoms with Crippen molar-refractivity contribution in [3.8, 4) is 0 Å². The fourth-order valence-electron chi connectivity index (χ4n) is 2.36. The first-order chi connectivity index (χ1) is 9.22. The summed E-state index contributed by atoms with van der Waals surface area (Å²) in [6.07, 6.45) is 4.20. The van der Waals surface area contributed by atoms with Gasteiger partial charge in [-0.3, -0.25) is 9.59 Å². The van der Waals surface area contributed by atoms with E-state index < -0.39 is 21.9 Å². The number of rotatable bonds is 6. The summed E-state index contributed by atoms with van der Waals surface area (Å²) in [5, 5.41) is 8.91. The van der Waals surface area contributed by atoms with E-state index in [4.69, 9.17) is 5.11 Å². The van der Waals surface area contributed by atoms with Gasteiger partial charge in [0, 0.05) is 19.1 Å². The van der Waals surface area contributed by atoms with E-state index in [1.807, 2.05) is 0 Å². The van der Waals surface area contributed by atoms with E-state index in [0.29, 0.717) is 13.0 Å². The number of nitrogens with one attached hydrogen (secondary N) is 1. The van der Waals surface area contributed by atoms with Crippen LogP contribution in [0.4, 0.5) is 0 Å². The molecule has 0 aliphatic carbocycles. The Morgan fingerprint density at radius 3 is 2.60 bits per heavy atom. The van der Waals surface area contributed by atoms with Crippen LogP contribution in [0.5, 0.6) is 0 Å². The monoisotopic (exact) mass is 306 g/mol. The van der Waals surface area contributed by atoms with Crippen LogP contribution in [-0.4, -0.2) is 55.7 Å². The molecule has 1 saturated heterocycles. The first-order valence-electron chi connectivity index (χ1n) is 6.70. The van der Waals surface area contributed by atoms with Crippen molar-refractivity contribution in [2.24, 2.45) is 5.92 Å². The molecule has 1 rings (SSSR count). The molecule has 1 aliphatic heterocycles. The predicted octanol–water partition coefficient (Wildman–Crippen LogP) is 0.0275. The molecule has 1 aliphatic rings. The smallest absolute Gasteiger partial charge is 0.315 e. The molecular formula is C12H22N2O5S. The first-order valence-corrected chi connectivity index (χ1v) is 8.59. The summed E-state index contributed by atoms with van der Waals surface area (Å²) in [6, 6.07) is -0.0905. The number of carbonyl (C=O) groups excluding carboxylic acids is 1. The van der Waals surface area contributed by atoms with Crippen LogP contribution < -0.4 is 4.72 Å². The minimum atomic E-state index is -3.24. The Morgan fingerprint density at radius 2 is 2.05 bits per heavy atom. The first kappa shape index (κ1) is 16.9. The van der Waals surface area contributed by atoms with E-state index in [0.717, 1.165) is 25.5 Å². The molecule has 2 atom stereocenters. The van der Waals surface area contributed by atoms with E-state index in [1.165, 1.54) is 6.92 Å². The lowest BCUT2D eigenvalue weighted by Crippen LogP contribution is -2.48. The maximum Gasteiger partial charge on any atom is 0.315 e. The number of aliphatic carboxylic acids is 1. The summed E-state index contributed by atoms with van der Waals surface area (Å²) in [7, 11) is -3.24. The van der Waals surface area contributed by atoms with Crippen LogP contribution >= 0.6 is 0 Å². The molecule has 0 radical (unpaired) electrons. The average Bonchev–Trinajstić information content (AvgIpc) is 2.36. The van der Waals surface area contributed by atoms with Crippen molar-refractivity contribution < 1.29 is 23.1 Å². The number of sulfonamides is 1. The highest BCUT2D eigenvalue weighted by molar-refractivity contribution is 7.88. The second-order valence-electron chi connectivity index (χ2n) is 5.20. The molecule has 7 nitrogen and oxygen atoms in total. The van der Waals surface area contributed by atoms with Gasteiger partial charge in [0.1, 0.15) is 5.92 Å². The predicted molar refractivity (Wildman–Crippen MR) is 73.6 cm³/mol. The quantitative estimate of drug-likeness (QED) is 0.674. The van der Waals surface area contributed by atoms with Gasteiger partial charge in [0.2, 0.25) is 15.9 Å². The van der Waals surface area contributed by atoms with E-state index in [2.05, 4.69) is 4.72 Å². The molecule has 0 aromatic heterocycles. The van der Waals surface area contributed by atoms with Crippen LogP contribution in [0.3, 0.4) is 0 Å². The second-order valence-corrected chi connectivity index (χ2v) is 7.03. The second kappa shape index (κ2) is 7.03. The summed E-state index contributed by atoms with van der Waals surface area (Å²) in [5.74, 6) is -2.58. The van der Waals surface area contributed by atoms with Crippen molar-refractivity contribution in [1.29, 1.82) is 0 Å². The minimum absolute atomic E-state index is 0.0905. The summed E-state index contributed by atoms with van der Waals surface area (Å²) < 4.78 is 24.4. The number of nitrogens with zero attached hydrogens (tertiary/aromatic N) is 1. The van der Waals surface area contributed by atoms with Crippen LogP contribution in [0, 0.1) is 5.92 Å². The van der Waals surface area contributed by atoms with Crippen molar-refractivity contribution >= 4 is 21.9 Å². The number of piperidine rings is 1. The van der Waals surface area contributed by atoms with Crippen molar-refractivity contribution in [3.05, 3.63) is 0 Å². The van der Waals surface area contributed by atoms with Gasteiger partial charge in [-0.2, -0.15) is 0 Å². The third kappa shape index (κ3) is 5.09. The number of hydrogen-bond donors (Lipinski definition) is 2. The fourth-order valence-corrected chi connectivity index (χ4v) is 2.84. The zero-order valence-electron chi connectivity index (χ0n) is 11.8. The van der Waals surface area contributed by atoms with Crippen molar-refractivity contribution in [2.75, 3.05) is 19.3 Å². The van der Waals surface area contributed by atoms with E-state index in [9.17, 15) is 18.0 Å². The van der Waals surface area contributed by atoms with Gasteiger partial charge in [0.25, 0.3) is 0 Å². The van der Waals surface area contributed by atoms with Gasteiger partial charge in [0.15, 0.2) is 0 Å². The largest absolute Gasteiger partial charge is 0.481 e. The zero-order chi connectivity index (χ0) is 15.3. The molecule has 0 bridgehead atoms. The Labute approximate surface area is 119 Å². The summed E-state index contributed by atoms with van der Waals surface area (Å²) in [5.41, 5.74) is 0. The Balaban J connectivity index is 2.62. The normalized spacial score (nSPS) is 21.5. The van der Waals surface area contributed by atoms with Crippen LogP contribution in [-0.2, 0) is 19.6 Å². The van der Waals surface area contributed by atoms with Gasteiger partial charge in [-0.1, -0.05) is 0 Å². The van der Waals surface area contributed by atoms with E-state index in [1.54, 1.807) is 4.90 Å². The highest BCUT2D eigenvalue weighted by Crippen LogP contribution is 2.21. The number of hydrogen-bond acceptors (Lipinski definition) is 4. The van der Waals surface area contributed by atoms with Crippen molar-refractivity contribution in [1.82, 2.24) is 9.62 Å². The molecule has 116 valence electrons. The SMILES string of the molecule is CC(C(=O)O)C(=O)N1CCCCC1CCNS(C)(=O)=O. The van der Waals surface area contributed by atoms with Crippen LogP contribution in [0.2, 0.25) is 0 Å². The Kier molecular flexibility index (Phi) is 5.94. The zero-order valence-corrected chi connectivity index (χ0v) is 12.6. The maximum absolute atomic E-state index is 12.1. The molecule has 1 heterocycles. The highest BCUT2D eigenvalue weighted by atomic mass is 32.2. The van der Waals surface area contributed by atoms with Gasteiger partial charge >= 0.3 is 5.97 Å². The molecule has 0 aromatic carbocycles. The molecule has 1 fully saturated rings. The third-order valence-electron chi connectivity index (χ3n) is 3.49. The molecule has 2 N–H and O–H groups in total.